The van der Waals surface area contributed by atoms with Crippen LogP contribution in [-0.4, -0.2) is 13.0 Å². The summed E-state index contributed by atoms with van der Waals surface area (Å²) in [5, 5.41) is 0.666. The first-order valence-corrected chi connectivity index (χ1v) is 10.3. The lowest BCUT2D eigenvalue weighted by Crippen LogP contribution is -2.10. The van der Waals surface area contributed by atoms with E-state index in [0.29, 0.717) is 23.6 Å². The zero-order valence-electron chi connectivity index (χ0n) is 15.0. The molecule has 142 valence electrons. The van der Waals surface area contributed by atoms with Gasteiger partial charge in [-0.15, -0.1) is 0 Å². The van der Waals surface area contributed by atoms with Crippen LogP contribution in [0.5, 0.6) is 0 Å². The highest BCUT2D eigenvalue weighted by Crippen LogP contribution is 2.33. The molecule has 0 bridgehead atoms. The minimum Gasteiger partial charge on any atom is -0.384 e. The fraction of sp³-hybridized carbons (Fsp3) is 0.200. The zero-order valence-corrected chi connectivity index (χ0v) is 16.6. The van der Waals surface area contributed by atoms with Gasteiger partial charge in [-0.05, 0) is 67.8 Å². The van der Waals surface area contributed by atoms with Crippen LogP contribution in [0.1, 0.15) is 16.8 Å². The lowest BCUT2D eigenvalue weighted by atomic mass is 10.1. The Bertz CT molecular complexity index is 1070. The van der Waals surface area contributed by atoms with Crippen molar-refractivity contribution < 1.29 is 12.8 Å². The summed E-state index contributed by atoms with van der Waals surface area (Å²) in [5.41, 5.74) is 8.71. The fourth-order valence-electron chi connectivity index (χ4n) is 3.11. The van der Waals surface area contributed by atoms with Gasteiger partial charge in [-0.3, -0.25) is 0 Å². The van der Waals surface area contributed by atoms with E-state index in [-0.39, 0.29) is 15.6 Å². The largest absolute Gasteiger partial charge is 0.384 e. The Morgan fingerprint density at radius 1 is 1.04 bits per heavy atom. The van der Waals surface area contributed by atoms with Crippen molar-refractivity contribution in [2.24, 2.45) is 0 Å². The van der Waals surface area contributed by atoms with E-state index in [1.54, 1.807) is 11.5 Å². The molecule has 2 aromatic carbocycles. The van der Waals surface area contributed by atoms with Crippen molar-refractivity contribution in [2.45, 2.75) is 36.6 Å². The van der Waals surface area contributed by atoms with Crippen molar-refractivity contribution in [2.75, 3.05) is 5.73 Å². The molecule has 7 heteroatoms. The molecule has 27 heavy (non-hydrogen) atoms. The zero-order chi connectivity index (χ0) is 19.8. The minimum atomic E-state index is -3.84. The highest BCUT2D eigenvalue weighted by Gasteiger charge is 2.28. The lowest BCUT2D eigenvalue weighted by molar-refractivity contribution is 0.594. The van der Waals surface area contributed by atoms with Crippen LogP contribution >= 0.6 is 11.6 Å². The maximum absolute atomic E-state index is 13.2. The van der Waals surface area contributed by atoms with Gasteiger partial charge < -0.3 is 10.3 Å². The molecule has 0 aliphatic rings. The first kappa shape index (κ1) is 19.5. The van der Waals surface area contributed by atoms with Crippen LogP contribution in [0.15, 0.2) is 58.3 Å². The van der Waals surface area contributed by atoms with Gasteiger partial charge in [0.1, 0.15) is 16.5 Å². The molecular formula is C20H20ClFN2O2S. The summed E-state index contributed by atoms with van der Waals surface area (Å²) in [6, 6.07) is 12.3. The third-order valence-electron chi connectivity index (χ3n) is 4.74. The topological polar surface area (TPSA) is 65.1 Å². The Morgan fingerprint density at radius 2 is 1.63 bits per heavy atom. The second-order valence-electron chi connectivity index (χ2n) is 6.41. The number of nitrogen functional groups attached to an aromatic ring is 1. The molecule has 2 N–H and O–H groups in total. The summed E-state index contributed by atoms with van der Waals surface area (Å²) in [4.78, 5) is 0.108. The normalized spacial score (nSPS) is 11.7. The van der Waals surface area contributed by atoms with E-state index < -0.39 is 15.7 Å². The van der Waals surface area contributed by atoms with Crippen LogP contribution < -0.4 is 5.73 Å². The van der Waals surface area contributed by atoms with Crippen molar-refractivity contribution in [3.05, 3.63) is 76.2 Å². The third-order valence-corrected chi connectivity index (χ3v) is 6.94. The van der Waals surface area contributed by atoms with Crippen molar-refractivity contribution in [1.29, 1.82) is 0 Å². The predicted molar refractivity (Wildman–Crippen MR) is 105 cm³/mol. The van der Waals surface area contributed by atoms with E-state index in [2.05, 4.69) is 0 Å². The first-order valence-electron chi connectivity index (χ1n) is 8.42. The molecule has 0 atom stereocenters. The number of anilines is 1. The van der Waals surface area contributed by atoms with E-state index in [4.69, 9.17) is 17.3 Å². The Labute approximate surface area is 163 Å². The molecule has 3 rings (SSSR count). The molecule has 1 heterocycles. The highest BCUT2D eigenvalue weighted by atomic mass is 35.5. The summed E-state index contributed by atoms with van der Waals surface area (Å²) in [6.45, 7) is 4.12. The van der Waals surface area contributed by atoms with Crippen LogP contribution in [0.4, 0.5) is 10.2 Å². The minimum absolute atomic E-state index is 0.0218. The number of sulfone groups is 1. The average Bonchev–Trinajstić information content (AvgIpc) is 2.84. The Morgan fingerprint density at radius 3 is 2.22 bits per heavy atom. The van der Waals surface area contributed by atoms with E-state index in [9.17, 15) is 12.8 Å². The molecule has 0 fully saturated rings. The first-order chi connectivity index (χ1) is 12.7. The predicted octanol–water partition coefficient (Wildman–Crippen LogP) is 4.56. The summed E-state index contributed by atoms with van der Waals surface area (Å²) < 4.78 is 41.0. The van der Waals surface area contributed by atoms with Gasteiger partial charge in [-0.1, -0.05) is 23.7 Å². The van der Waals surface area contributed by atoms with E-state index in [1.165, 1.54) is 12.1 Å². The SMILES string of the molecule is Cc1c(S(=O)(=O)c2ccc(F)cc2)c(N)n(CCc2ccc(Cl)cc2)c1C. The number of aromatic nitrogens is 1. The summed E-state index contributed by atoms with van der Waals surface area (Å²) in [6.07, 6.45) is 0.687. The number of nitrogens with two attached hydrogens (primary N) is 1. The van der Waals surface area contributed by atoms with Crippen LogP contribution in [0.3, 0.4) is 0 Å². The Balaban J connectivity index is 1.97. The molecule has 3 aromatic rings. The van der Waals surface area contributed by atoms with Crippen molar-refractivity contribution in [1.82, 2.24) is 4.57 Å². The molecule has 0 spiro atoms. The quantitative estimate of drug-likeness (QED) is 0.632. The van der Waals surface area contributed by atoms with Crippen LogP contribution in [0.2, 0.25) is 5.02 Å². The molecule has 0 saturated heterocycles. The van der Waals surface area contributed by atoms with Gasteiger partial charge >= 0.3 is 0 Å². The second-order valence-corrected chi connectivity index (χ2v) is 8.73. The standard InChI is InChI=1S/C20H20ClFN2O2S/c1-13-14(2)24(12-11-15-3-5-16(21)6-4-15)20(23)19(13)27(25,26)18-9-7-17(22)8-10-18/h3-10H,11-12,23H2,1-2H3. The molecule has 0 unspecified atom stereocenters. The highest BCUT2D eigenvalue weighted by molar-refractivity contribution is 7.91. The molecule has 0 radical (unpaired) electrons. The second kappa shape index (κ2) is 7.37. The summed E-state index contributed by atoms with van der Waals surface area (Å²) in [7, 11) is -3.84. The molecule has 4 nitrogen and oxygen atoms in total. The number of benzene rings is 2. The maximum atomic E-state index is 13.2. The Hall–Kier alpha value is -2.31. The smallest absolute Gasteiger partial charge is 0.210 e. The van der Waals surface area contributed by atoms with Crippen LogP contribution in [0.25, 0.3) is 0 Å². The van der Waals surface area contributed by atoms with Gasteiger partial charge in [0.05, 0.1) is 4.90 Å². The van der Waals surface area contributed by atoms with Gasteiger partial charge in [-0.2, -0.15) is 0 Å². The molecule has 1 aromatic heterocycles. The van der Waals surface area contributed by atoms with Gasteiger partial charge in [0.25, 0.3) is 0 Å². The third kappa shape index (κ3) is 3.73. The lowest BCUT2D eigenvalue weighted by Gasteiger charge is -2.10. The number of hydrogen-bond acceptors (Lipinski definition) is 3. The summed E-state index contributed by atoms with van der Waals surface area (Å²) in [5.74, 6) is -0.293. The van der Waals surface area contributed by atoms with Gasteiger partial charge in [0.2, 0.25) is 9.84 Å². The Kier molecular flexibility index (Phi) is 5.31. The van der Waals surface area contributed by atoms with Crippen molar-refractivity contribution in [3.63, 3.8) is 0 Å². The summed E-state index contributed by atoms with van der Waals surface area (Å²) >= 11 is 5.91. The monoisotopic (exact) mass is 406 g/mol. The van der Waals surface area contributed by atoms with Crippen LogP contribution in [0, 0.1) is 19.7 Å². The average molecular weight is 407 g/mol. The van der Waals surface area contributed by atoms with E-state index in [1.807, 2.05) is 31.2 Å². The molecule has 0 aliphatic carbocycles. The van der Waals surface area contributed by atoms with Gasteiger partial charge in [0, 0.05) is 17.3 Å². The number of hydrogen-bond donors (Lipinski definition) is 1. The number of nitrogens with zero attached hydrogens (tertiary/aromatic N) is 1. The maximum Gasteiger partial charge on any atom is 0.210 e. The van der Waals surface area contributed by atoms with Gasteiger partial charge in [0.15, 0.2) is 0 Å². The molecule has 0 saturated carbocycles. The van der Waals surface area contributed by atoms with Crippen molar-refractivity contribution in [3.8, 4) is 0 Å². The fourth-order valence-corrected chi connectivity index (χ4v) is 4.91. The number of aryl methyl sites for hydroxylation is 1. The number of rotatable bonds is 5. The van der Waals surface area contributed by atoms with Crippen LogP contribution in [-0.2, 0) is 22.8 Å². The number of halogens is 2. The van der Waals surface area contributed by atoms with Crippen molar-refractivity contribution >= 4 is 27.3 Å². The van der Waals surface area contributed by atoms with E-state index >= 15 is 0 Å². The van der Waals surface area contributed by atoms with E-state index in [0.717, 1.165) is 23.4 Å². The molecule has 0 amide bonds. The van der Waals surface area contributed by atoms with Gasteiger partial charge in [-0.25, -0.2) is 12.8 Å². The molecular weight excluding hydrogens is 387 g/mol. The molecule has 0 aliphatic heterocycles.